The summed E-state index contributed by atoms with van der Waals surface area (Å²) in [6.07, 6.45) is 4.16. The monoisotopic (exact) mass is 188 g/mol. The van der Waals surface area contributed by atoms with E-state index in [0.29, 0.717) is 0 Å². The van der Waals surface area contributed by atoms with Gasteiger partial charge in [0.15, 0.2) is 0 Å². The highest BCUT2D eigenvalue weighted by molar-refractivity contribution is 5.48. The molecule has 0 aliphatic rings. The third-order valence-electron chi connectivity index (χ3n) is 2.45. The summed E-state index contributed by atoms with van der Waals surface area (Å²) in [5, 5.41) is 0. The predicted octanol–water partition coefficient (Wildman–Crippen LogP) is 2.94. The first kappa shape index (κ1) is 9.25. The zero-order valence-corrected chi connectivity index (χ0v) is 9.20. The lowest BCUT2D eigenvalue weighted by Crippen LogP contribution is -2.11. The minimum atomic E-state index is 0.123. The van der Waals surface area contributed by atoms with Gasteiger partial charge in [0.1, 0.15) is 5.65 Å². The van der Waals surface area contributed by atoms with Crippen LogP contribution in [-0.4, -0.2) is 9.38 Å². The maximum absolute atomic E-state index is 4.65. The SMILES string of the molecule is Cc1cccn2cc(C(C)(C)C)nc12. The molecule has 2 heteroatoms. The minimum absolute atomic E-state index is 0.123. The number of fused-ring (bicyclic) bond motifs is 1. The summed E-state index contributed by atoms with van der Waals surface area (Å²) >= 11 is 0. The summed E-state index contributed by atoms with van der Waals surface area (Å²) in [5.41, 5.74) is 3.56. The fraction of sp³-hybridized carbons (Fsp3) is 0.417. The Bertz CT molecular complexity index is 461. The van der Waals surface area contributed by atoms with Crippen LogP contribution in [-0.2, 0) is 5.41 Å². The zero-order chi connectivity index (χ0) is 10.3. The third kappa shape index (κ3) is 1.41. The number of aromatic nitrogens is 2. The molecule has 2 aromatic heterocycles. The molecule has 0 unspecified atom stereocenters. The Morgan fingerprint density at radius 2 is 2.00 bits per heavy atom. The molecule has 0 aliphatic carbocycles. The van der Waals surface area contributed by atoms with Crippen LogP contribution in [0.2, 0.25) is 0 Å². The van der Waals surface area contributed by atoms with Crippen molar-refractivity contribution in [2.24, 2.45) is 0 Å². The normalized spacial score (nSPS) is 12.3. The highest BCUT2D eigenvalue weighted by atomic mass is 15.0. The van der Waals surface area contributed by atoms with Crippen molar-refractivity contribution in [3.63, 3.8) is 0 Å². The zero-order valence-electron chi connectivity index (χ0n) is 9.20. The molecule has 2 nitrogen and oxygen atoms in total. The highest BCUT2D eigenvalue weighted by Crippen LogP contribution is 2.22. The molecule has 0 amide bonds. The van der Waals surface area contributed by atoms with Crippen molar-refractivity contribution in [1.29, 1.82) is 0 Å². The van der Waals surface area contributed by atoms with E-state index in [1.165, 1.54) is 5.56 Å². The van der Waals surface area contributed by atoms with Crippen LogP contribution in [0, 0.1) is 6.92 Å². The van der Waals surface area contributed by atoms with Gasteiger partial charge in [0.25, 0.3) is 0 Å². The van der Waals surface area contributed by atoms with Crippen LogP contribution in [0.4, 0.5) is 0 Å². The quantitative estimate of drug-likeness (QED) is 0.621. The third-order valence-corrected chi connectivity index (χ3v) is 2.45. The van der Waals surface area contributed by atoms with Gasteiger partial charge in [0.2, 0.25) is 0 Å². The lowest BCUT2D eigenvalue weighted by atomic mass is 9.93. The fourth-order valence-corrected chi connectivity index (χ4v) is 1.52. The van der Waals surface area contributed by atoms with Crippen LogP contribution in [0.25, 0.3) is 5.65 Å². The molecule has 14 heavy (non-hydrogen) atoms. The minimum Gasteiger partial charge on any atom is -0.307 e. The number of nitrogens with zero attached hydrogens (tertiary/aromatic N) is 2. The van der Waals surface area contributed by atoms with E-state index in [0.717, 1.165) is 11.3 Å². The molecule has 0 aromatic carbocycles. The second kappa shape index (κ2) is 2.84. The Morgan fingerprint density at radius 1 is 1.29 bits per heavy atom. The summed E-state index contributed by atoms with van der Waals surface area (Å²) in [4.78, 5) is 4.65. The van der Waals surface area contributed by atoms with Crippen molar-refractivity contribution >= 4 is 5.65 Å². The summed E-state index contributed by atoms with van der Waals surface area (Å²) in [6, 6.07) is 4.14. The Hall–Kier alpha value is -1.31. The maximum atomic E-state index is 4.65. The van der Waals surface area contributed by atoms with E-state index >= 15 is 0 Å². The van der Waals surface area contributed by atoms with Gasteiger partial charge in [0.05, 0.1) is 5.69 Å². The van der Waals surface area contributed by atoms with E-state index in [4.69, 9.17) is 0 Å². The van der Waals surface area contributed by atoms with Crippen LogP contribution >= 0.6 is 0 Å². The van der Waals surface area contributed by atoms with E-state index in [1.54, 1.807) is 0 Å². The molecule has 0 N–H and O–H groups in total. The van der Waals surface area contributed by atoms with Crippen molar-refractivity contribution in [3.05, 3.63) is 35.8 Å². The molecule has 0 bridgehead atoms. The molecule has 0 atom stereocenters. The molecule has 0 radical (unpaired) electrons. The highest BCUT2D eigenvalue weighted by Gasteiger charge is 2.17. The van der Waals surface area contributed by atoms with Crippen molar-refractivity contribution in [1.82, 2.24) is 9.38 Å². The van der Waals surface area contributed by atoms with Crippen molar-refractivity contribution < 1.29 is 0 Å². The van der Waals surface area contributed by atoms with Crippen molar-refractivity contribution in [2.75, 3.05) is 0 Å². The van der Waals surface area contributed by atoms with Gasteiger partial charge in [-0.05, 0) is 18.6 Å². The van der Waals surface area contributed by atoms with E-state index in [2.05, 4.69) is 55.4 Å². The summed E-state index contributed by atoms with van der Waals surface area (Å²) in [5.74, 6) is 0. The summed E-state index contributed by atoms with van der Waals surface area (Å²) < 4.78 is 2.09. The molecule has 0 saturated heterocycles. The van der Waals surface area contributed by atoms with Gasteiger partial charge in [-0.2, -0.15) is 0 Å². The molecule has 0 saturated carbocycles. The molecular formula is C12H16N2. The second-order valence-electron chi connectivity index (χ2n) is 4.80. The summed E-state index contributed by atoms with van der Waals surface area (Å²) in [7, 11) is 0. The summed E-state index contributed by atoms with van der Waals surface area (Å²) in [6.45, 7) is 8.65. The number of hydrogen-bond acceptors (Lipinski definition) is 1. The fourth-order valence-electron chi connectivity index (χ4n) is 1.52. The van der Waals surface area contributed by atoms with E-state index in [-0.39, 0.29) is 5.41 Å². The van der Waals surface area contributed by atoms with Gasteiger partial charge in [-0.25, -0.2) is 4.98 Å². The Labute approximate surface area is 84.6 Å². The lowest BCUT2D eigenvalue weighted by Gasteiger charge is -2.13. The molecule has 2 aromatic rings. The van der Waals surface area contributed by atoms with E-state index in [1.807, 2.05) is 6.20 Å². The van der Waals surface area contributed by atoms with Crippen LogP contribution in [0.1, 0.15) is 32.0 Å². The average molecular weight is 188 g/mol. The predicted molar refractivity (Wildman–Crippen MR) is 58.6 cm³/mol. The van der Waals surface area contributed by atoms with Gasteiger partial charge >= 0.3 is 0 Å². The number of aryl methyl sites for hydroxylation is 1. The molecule has 0 fully saturated rings. The Morgan fingerprint density at radius 3 is 2.57 bits per heavy atom. The van der Waals surface area contributed by atoms with Gasteiger partial charge in [0, 0.05) is 17.8 Å². The largest absolute Gasteiger partial charge is 0.307 e. The molecule has 2 heterocycles. The van der Waals surface area contributed by atoms with Crippen LogP contribution in [0.5, 0.6) is 0 Å². The number of imidazole rings is 1. The first-order chi connectivity index (χ1) is 6.48. The lowest BCUT2D eigenvalue weighted by molar-refractivity contribution is 0.573. The Kier molecular flexibility index (Phi) is 1.88. The first-order valence-corrected chi connectivity index (χ1v) is 4.93. The molecule has 0 spiro atoms. The molecule has 74 valence electrons. The average Bonchev–Trinajstić information content (AvgIpc) is 2.48. The van der Waals surface area contributed by atoms with Gasteiger partial charge in [-0.3, -0.25) is 0 Å². The van der Waals surface area contributed by atoms with Crippen LogP contribution < -0.4 is 0 Å². The number of pyridine rings is 1. The molecule has 2 rings (SSSR count). The van der Waals surface area contributed by atoms with E-state index in [9.17, 15) is 0 Å². The van der Waals surface area contributed by atoms with Gasteiger partial charge in [-0.1, -0.05) is 26.8 Å². The standard InChI is InChI=1S/C12H16N2/c1-9-6-5-7-14-8-10(12(2,3)4)13-11(9)14/h5-8H,1-4H3. The molecular weight excluding hydrogens is 172 g/mol. The van der Waals surface area contributed by atoms with Crippen LogP contribution in [0.15, 0.2) is 24.5 Å². The Balaban J connectivity index is 2.69. The first-order valence-electron chi connectivity index (χ1n) is 4.93. The smallest absolute Gasteiger partial charge is 0.139 e. The maximum Gasteiger partial charge on any atom is 0.139 e. The topological polar surface area (TPSA) is 17.3 Å². The number of hydrogen-bond donors (Lipinski definition) is 0. The van der Waals surface area contributed by atoms with E-state index < -0.39 is 0 Å². The van der Waals surface area contributed by atoms with Crippen LogP contribution in [0.3, 0.4) is 0 Å². The van der Waals surface area contributed by atoms with Gasteiger partial charge in [-0.15, -0.1) is 0 Å². The number of rotatable bonds is 0. The van der Waals surface area contributed by atoms with Crippen molar-refractivity contribution in [2.45, 2.75) is 33.1 Å². The van der Waals surface area contributed by atoms with Crippen molar-refractivity contribution in [3.8, 4) is 0 Å². The molecule has 0 aliphatic heterocycles. The van der Waals surface area contributed by atoms with Gasteiger partial charge < -0.3 is 4.40 Å². The second-order valence-corrected chi connectivity index (χ2v) is 4.80.